The average Bonchev–Trinajstić information content (AvgIpc) is 3.37. The van der Waals surface area contributed by atoms with Crippen LogP contribution >= 0.6 is 0 Å². The van der Waals surface area contributed by atoms with Gasteiger partial charge in [0.1, 0.15) is 0 Å². The highest BCUT2D eigenvalue weighted by atomic mass is 19.1. The Morgan fingerprint density at radius 2 is 2.23 bits per heavy atom. The summed E-state index contributed by atoms with van der Waals surface area (Å²) in [5, 5.41) is 12.7. The summed E-state index contributed by atoms with van der Waals surface area (Å²) in [6.45, 7) is 9.37. The Hall–Kier alpha value is -2.32. The number of halogens is 1. The summed E-state index contributed by atoms with van der Waals surface area (Å²) in [6, 6.07) is 1.58. The second-order valence-corrected chi connectivity index (χ2v) is 7.73. The monoisotopic (exact) mass is 417 g/mol. The van der Waals surface area contributed by atoms with Crippen molar-refractivity contribution in [3.05, 3.63) is 34.5 Å². The molecule has 0 saturated carbocycles. The molecule has 1 aromatic heterocycles. The van der Waals surface area contributed by atoms with Gasteiger partial charge in [0.25, 0.3) is 0 Å². The molecule has 0 spiro atoms. The predicted octanol–water partition coefficient (Wildman–Crippen LogP) is 1.52. The van der Waals surface area contributed by atoms with Crippen molar-refractivity contribution in [3.63, 3.8) is 0 Å². The number of hydrogen-bond acceptors (Lipinski definition) is 5. The number of alkyl halides is 1. The number of azo groups is 1. The molecule has 3 atom stereocenters. The molecule has 3 unspecified atom stereocenters. The number of nitrogens with zero attached hydrogens (tertiary/aromatic N) is 3. The van der Waals surface area contributed by atoms with Crippen LogP contribution in [0.25, 0.3) is 11.6 Å². The Labute approximate surface area is 176 Å². The molecular formula is C22H32FN5O2. The molecule has 3 rings (SSSR count). The number of carbonyl (C=O) groups excluding carboxylic acids is 1. The van der Waals surface area contributed by atoms with Crippen LogP contribution < -0.4 is 15.9 Å². The van der Waals surface area contributed by atoms with Crippen LogP contribution in [0.3, 0.4) is 0 Å². The summed E-state index contributed by atoms with van der Waals surface area (Å²) in [6.07, 6.45) is 5.34. The van der Waals surface area contributed by atoms with Gasteiger partial charge in [0, 0.05) is 29.9 Å². The number of nitrogens with one attached hydrogen (secondary N) is 2. The molecule has 2 aliphatic heterocycles. The maximum Gasteiger partial charge on any atom is 0.234 e. The molecule has 30 heavy (non-hydrogen) atoms. The number of morpholine rings is 1. The first kappa shape index (κ1) is 22.4. The van der Waals surface area contributed by atoms with Gasteiger partial charge in [0.2, 0.25) is 12.2 Å². The standard InChI is InChI=1S/C22H32FN5O2/c1-4-16(17-6-7-24-19(17)5-2)15(3)12-20(18-13-25-27-22(18)23)26-21(29)14-28-8-10-30-11-9-28/h5-7,12,18,20,22,24H,4,8-11,13-14H2,1-3H3,(H,26,29). The van der Waals surface area contributed by atoms with Crippen molar-refractivity contribution < 1.29 is 13.9 Å². The Balaban J connectivity index is 1.84. The van der Waals surface area contributed by atoms with Crippen LogP contribution in [0.5, 0.6) is 0 Å². The van der Waals surface area contributed by atoms with E-state index in [4.69, 9.17) is 4.74 Å². The molecule has 164 valence electrons. The second-order valence-electron chi connectivity index (χ2n) is 7.73. The molecule has 8 heteroatoms. The van der Waals surface area contributed by atoms with Crippen LogP contribution in [0.2, 0.25) is 0 Å². The number of allylic oxidation sites excluding steroid dienone is 1. The van der Waals surface area contributed by atoms with E-state index in [2.05, 4.69) is 38.4 Å². The van der Waals surface area contributed by atoms with Gasteiger partial charge < -0.3 is 15.0 Å². The smallest absolute Gasteiger partial charge is 0.234 e. The maximum absolute atomic E-state index is 14.4. The summed E-state index contributed by atoms with van der Waals surface area (Å²) in [7, 11) is 0. The van der Waals surface area contributed by atoms with Crippen LogP contribution in [0.15, 0.2) is 34.1 Å². The van der Waals surface area contributed by atoms with Crippen molar-refractivity contribution in [3.8, 4) is 0 Å². The van der Waals surface area contributed by atoms with Crippen LogP contribution in [-0.2, 0) is 9.53 Å². The topological polar surface area (TPSA) is 82.1 Å². The summed E-state index contributed by atoms with van der Waals surface area (Å²) in [4.78, 5) is 18.0. The first-order valence-electron chi connectivity index (χ1n) is 10.6. The van der Waals surface area contributed by atoms with Gasteiger partial charge in [-0.25, -0.2) is 4.39 Å². The van der Waals surface area contributed by atoms with Gasteiger partial charge in [-0.3, -0.25) is 9.69 Å². The highest BCUT2D eigenvalue weighted by Gasteiger charge is 2.33. The minimum Gasteiger partial charge on any atom is -0.379 e. The summed E-state index contributed by atoms with van der Waals surface area (Å²) < 4.78 is 19.7. The van der Waals surface area contributed by atoms with Crippen LogP contribution in [0.1, 0.15) is 27.2 Å². The average molecular weight is 418 g/mol. The lowest BCUT2D eigenvalue weighted by atomic mass is 9.93. The number of ether oxygens (including phenoxy) is 1. The van der Waals surface area contributed by atoms with Crippen molar-refractivity contribution >= 4 is 17.6 Å². The Bertz CT molecular complexity index is 901. The zero-order valence-corrected chi connectivity index (χ0v) is 18.0. The minimum absolute atomic E-state index is 0.118. The van der Waals surface area contributed by atoms with Gasteiger partial charge >= 0.3 is 0 Å². The fraction of sp³-hybridized carbons (Fsp3) is 0.591. The van der Waals surface area contributed by atoms with E-state index in [0.717, 1.165) is 35.7 Å². The molecule has 0 aromatic carbocycles. The van der Waals surface area contributed by atoms with Crippen molar-refractivity contribution in [2.75, 3.05) is 39.4 Å². The van der Waals surface area contributed by atoms with Crippen molar-refractivity contribution in [2.24, 2.45) is 16.1 Å². The number of amides is 1. The molecule has 2 aliphatic rings. The van der Waals surface area contributed by atoms with E-state index in [-0.39, 0.29) is 19.0 Å². The Morgan fingerprint density at radius 1 is 1.47 bits per heavy atom. The molecule has 0 aliphatic carbocycles. The summed E-state index contributed by atoms with van der Waals surface area (Å²) in [5.41, 5.74) is 2.19. The van der Waals surface area contributed by atoms with E-state index in [1.54, 1.807) is 0 Å². The zero-order chi connectivity index (χ0) is 21.5. The fourth-order valence-electron chi connectivity index (χ4n) is 4.08. The van der Waals surface area contributed by atoms with E-state index in [1.807, 2.05) is 32.2 Å². The lowest BCUT2D eigenvalue weighted by molar-refractivity contribution is -0.124. The molecule has 2 N–H and O–H groups in total. The third-order valence-corrected chi connectivity index (χ3v) is 5.75. The Morgan fingerprint density at radius 3 is 2.87 bits per heavy atom. The normalized spacial score (nSPS) is 25.5. The Kier molecular flexibility index (Phi) is 7.93. The molecule has 1 amide bonds. The maximum atomic E-state index is 14.4. The number of hydrogen-bond donors (Lipinski definition) is 2. The van der Waals surface area contributed by atoms with Gasteiger partial charge in [-0.15, -0.1) is 0 Å². The molecule has 1 fully saturated rings. The number of aromatic amines is 1. The minimum atomic E-state index is -1.40. The third kappa shape index (κ3) is 5.43. The number of aromatic nitrogens is 1. The highest BCUT2D eigenvalue weighted by Crippen LogP contribution is 2.24. The number of carbonyl (C=O) groups is 1. The highest BCUT2D eigenvalue weighted by molar-refractivity contribution is 5.79. The van der Waals surface area contributed by atoms with E-state index in [9.17, 15) is 9.18 Å². The number of H-pyrrole nitrogens is 1. The molecule has 0 bridgehead atoms. The first-order chi connectivity index (χ1) is 14.5. The molecule has 1 saturated heterocycles. The summed E-state index contributed by atoms with van der Waals surface area (Å²) in [5.74, 6) is -0.609. The van der Waals surface area contributed by atoms with Gasteiger partial charge in [0.15, 0.2) is 0 Å². The third-order valence-electron chi connectivity index (χ3n) is 5.75. The fourth-order valence-corrected chi connectivity index (χ4v) is 4.08. The van der Waals surface area contributed by atoms with Gasteiger partial charge in [-0.2, -0.15) is 10.2 Å². The summed E-state index contributed by atoms with van der Waals surface area (Å²) >= 11 is 0. The van der Waals surface area contributed by atoms with E-state index < -0.39 is 18.3 Å². The van der Waals surface area contributed by atoms with Crippen LogP contribution in [0, 0.1) is 5.92 Å². The molecule has 0 radical (unpaired) electrons. The lowest BCUT2D eigenvalue weighted by Crippen LogP contribution is -2.48. The van der Waals surface area contributed by atoms with Crippen molar-refractivity contribution in [1.29, 1.82) is 0 Å². The van der Waals surface area contributed by atoms with Crippen molar-refractivity contribution in [2.45, 2.75) is 39.5 Å². The number of rotatable bonds is 7. The molecular weight excluding hydrogens is 385 g/mol. The zero-order valence-electron chi connectivity index (χ0n) is 18.0. The SMILES string of the molecule is CC=c1[nH]ccc1=C(CC)C(C)=CC(NC(=O)CN1CCOCC1)C1CN=NC1F. The van der Waals surface area contributed by atoms with E-state index in [0.29, 0.717) is 13.2 Å². The van der Waals surface area contributed by atoms with Gasteiger partial charge in [0.05, 0.1) is 38.3 Å². The molecule has 1 aromatic rings. The van der Waals surface area contributed by atoms with E-state index in [1.165, 1.54) is 5.57 Å². The van der Waals surface area contributed by atoms with Gasteiger partial charge in [-0.1, -0.05) is 19.1 Å². The quantitative estimate of drug-likeness (QED) is 0.660. The first-order valence-corrected chi connectivity index (χ1v) is 10.6. The van der Waals surface area contributed by atoms with E-state index >= 15 is 0 Å². The predicted molar refractivity (Wildman–Crippen MR) is 115 cm³/mol. The lowest BCUT2D eigenvalue weighted by Gasteiger charge is -2.28. The van der Waals surface area contributed by atoms with Crippen molar-refractivity contribution in [1.82, 2.24) is 15.2 Å². The molecule has 3 heterocycles. The van der Waals surface area contributed by atoms with Crippen LogP contribution in [-0.4, -0.2) is 67.5 Å². The molecule has 7 nitrogen and oxygen atoms in total. The van der Waals surface area contributed by atoms with Crippen LogP contribution in [0.4, 0.5) is 4.39 Å². The van der Waals surface area contributed by atoms with Gasteiger partial charge in [-0.05, 0) is 37.5 Å². The largest absolute Gasteiger partial charge is 0.379 e. The second kappa shape index (κ2) is 10.6.